The molecule has 0 radical (unpaired) electrons. The van der Waals surface area contributed by atoms with Crippen LogP contribution in [0, 0.1) is 13.8 Å². The van der Waals surface area contributed by atoms with Gasteiger partial charge < -0.3 is 14.8 Å². The maximum Gasteiger partial charge on any atom is 0.157 e. The predicted molar refractivity (Wildman–Crippen MR) is 83.9 cm³/mol. The lowest BCUT2D eigenvalue weighted by atomic mass is 10.0. The molecule has 0 aliphatic rings. The molecule has 20 heavy (non-hydrogen) atoms. The van der Waals surface area contributed by atoms with Crippen LogP contribution in [0.3, 0.4) is 0 Å². The topological polar surface area (TPSA) is 30.5 Å². The Morgan fingerprint density at radius 1 is 1.10 bits per heavy atom. The second-order valence-corrected chi connectivity index (χ2v) is 5.02. The van der Waals surface area contributed by atoms with Crippen LogP contribution in [0.1, 0.15) is 43.4 Å². The molecule has 0 unspecified atom stereocenters. The zero-order chi connectivity index (χ0) is 14.8. The standard InChI is InChI=1S/C17H29NO2/c1-5-19-17(20-6-2)11-8-12-18-13-16-10-7-9-14(3)15(16)4/h7,9-10,17-18H,5-6,8,11-13H2,1-4H3. The SMILES string of the molecule is CCOC(CCCNCc1cccc(C)c1C)OCC. The number of aryl methyl sites for hydroxylation is 1. The molecule has 0 bridgehead atoms. The van der Waals surface area contributed by atoms with Gasteiger partial charge in [-0.2, -0.15) is 0 Å². The molecule has 114 valence electrons. The fourth-order valence-corrected chi connectivity index (χ4v) is 2.21. The first-order valence-electron chi connectivity index (χ1n) is 7.68. The van der Waals surface area contributed by atoms with E-state index in [4.69, 9.17) is 9.47 Å². The molecule has 3 nitrogen and oxygen atoms in total. The van der Waals surface area contributed by atoms with Crippen molar-refractivity contribution in [1.82, 2.24) is 5.32 Å². The summed E-state index contributed by atoms with van der Waals surface area (Å²) in [6.07, 6.45) is 1.96. The molecule has 0 aliphatic heterocycles. The maximum absolute atomic E-state index is 5.53. The molecular weight excluding hydrogens is 250 g/mol. The number of ether oxygens (including phenoxy) is 2. The molecule has 0 atom stereocenters. The Hall–Kier alpha value is -0.900. The van der Waals surface area contributed by atoms with Crippen molar-refractivity contribution in [1.29, 1.82) is 0 Å². The van der Waals surface area contributed by atoms with Gasteiger partial charge in [-0.3, -0.25) is 0 Å². The minimum absolute atomic E-state index is 0.0486. The molecule has 0 aromatic heterocycles. The van der Waals surface area contributed by atoms with E-state index in [1.54, 1.807) is 0 Å². The highest BCUT2D eigenvalue weighted by Gasteiger charge is 2.07. The smallest absolute Gasteiger partial charge is 0.157 e. The first-order chi connectivity index (χ1) is 9.69. The minimum Gasteiger partial charge on any atom is -0.353 e. The van der Waals surface area contributed by atoms with Gasteiger partial charge in [0.2, 0.25) is 0 Å². The van der Waals surface area contributed by atoms with Crippen molar-refractivity contribution in [3.8, 4) is 0 Å². The summed E-state index contributed by atoms with van der Waals surface area (Å²) in [5, 5.41) is 3.50. The fraction of sp³-hybridized carbons (Fsp3) is 0.647. The van der Waals surface area contributed by atoms with Crippen LogP contribution in [0.2, 0.25) is 0 Å². The van der Waals surface area contributed by atoms with Crippen molar-refractivity contribution >= 4 is 0 Å². The van der Waals surface area contributed by atoms with E-state index in [-0.39, 0.29) is 6.29 Å². The summed E-state index contributed by atoms with van der Waals surface area (Å²) in [4.78, 5) is 0. The third-order valence-corrected chi connectivity index (χ3v) is 3.53. The molecule has 0 spiro atoms. The molecule has 3 heteroatoms. The van der Waals surface area contributed by atoms with E-state index < -0.39 is 0 Å². The molecule has 0 saturated heterocycles. The zero-order valence-electron chi connectivity index (χ0n) is 13.4. The van der Waals surface area contributed by atoms with E-state index in [2.05, 4.69) is 37.4 Å². The average Bonchev–Trinajstić information content (AvgIpc) is 2.43. The molecule has 1 N–H and O–H groups in total. The maximum atomic E-state index is 5.53. The molecule has 0 saturated carbocycles. The van der Waals surface area contributed by atoms with Crippen LogP contribution in [-0.2, 0) is 16.0 Å². The molecular formula is C17H29NO2. The van der Waals surface area contributed by atoms with E-state index in [1.807, 2.05) is 13.8 Å². The largest absolute Gasteiger partial charge is 0.353 e. The highest BCUT2D eigenvalue weighted by Crippen LogP contribution is 2.12. The van der Waals surface area contributed by atoms with Crippen LogP contribution in [0.5, 0.6) is 0 Å². The van der Waals surface area contributed by atoms with Crippen molar-refractivity contribution < 1.29 is 9.47 Å². The third kappa shape index (κ3) is 6.04. The summed E-state index contributed by atoms with van der Waals surface area (Å²) in [5.41, 5.74) is 4.13. The number of rotatable bonds is 10. The van der Waals surface area contributed by atoms with Crippen LogP contribution in [0.4, 0.5) is 0 Å². The van der Waals surface area contributed by atoms with Crippen molar-refractivity contribution in [3.63, 3.8) is 0 Å². The Balaban J connectivity index is 2.22. The molecule has 0 amide bonds. The molecule has 1 aromatic rings. The monoisotopic (exact) mass is 279 g/mol. The van der Waals surface area contributed by atoms with Gasteiger partial charge in [-0.05, 0) is 63.8 Å². The van der Waals surface area contributed by atoms with Crippen LogP contribution >= 0.6 is 0 Å². The van der Waals surface area contributed by atoms with Gasteiger partial charge in [-0.1, -0.05) is 18.2 Å². The lowest BCUT2D eigenvalue weighted by Crippen LogP contribution is -2.21. The normalized spacial score (nSPS) is 11.2. The summed E-state index contributed by atoms with van der Waals surface area (Å²) in [7, 11) is 0. The number of nitrogens with one attached hydrogen (secondary N) is 1. The Morgan fingerprint density at radius 2 is 1.80 bits per heavy atom. The van der Waals surface area contributed by atoms with E-state index in [9.17, 15) is 0 Å². The van der Waals surface area contributed by atoms with Crippen LogP contribution in [0.25, 0.3) is 0 Å². The Kier molecular flexibility index (Phi) is 8.51. The fourth-order valence-electron chi connectivity index (χ4n) is 2.21. The quantitative estimate of drug-likeness (QED) is 0.524. The van der Waals surface area contributed by atoms with Crippen LogP contribution in [0.15, 0.2) is 18.2 Å². The van der Waals surface area contributed by atoms with Gasteiger partial charge in [0.25, 0.3) is 0 Å². The van der Waals surface area contributed by atoms with Crippen LogP contribution < -0.4 is 5.32 Å². The molecule has 0 heterocycles. The molecule has 0 fully saturated rings. The first kappa shape index (κ1) is 17.2. The summed E-state index contributed by atoms with van der Waals surface area (Å²) in [5.74, 6) is 0. The Labute approximate surface area is 123 Å². The van der Waals surface area contributed by atoms with E-state index in [0.29, 0.717) is 13.2 Å². The van der Waals surface area contributed by atoms with E-state index in [0.717, 1.165) is 25.9 Å². The lowest BCUT2D eigenvalue weighted by molar-refractivity contribution is -0.139. The van der Waals surface area contributed by atoms with Crippen molar-refractivity contribution in [2.45, 2.75) is 53.4 Å². The highest BCUT2D eigenvalue weighted by molar-refractivity contribution is 5.32. The molecule has 0 aliphatic carbocycles. The average molecular weight is 279 g/mol. The summed E-state index contributed by atoms with van der Waals surface area (Å²) >= 11 is 0. The zero-order valence-corrected chi connectivity index (χ0v) is 13.4. The second-order valence-electron chi connectivity index (χ2n) is 5.02. The summed E-state index contributed by atoms with van der Waals surface area (Å²) in [6, 6.07) is 6.48. The van der Waals surface area contributed by atoms with Gasteiger partial charge in [0.05, 0.1) is 0 Å². The summed E-state index contributed by atoms with van der Waals surface area (Å²) in [6.45, 7) is 11.7. The molecule has 1 aromatic carbocycles. The number of benzene rings is 1. The van der Waals surface area contributed by atoms with Gasteiger partial charge in [0.15, 0.2) is 6.29 Å². The van der Waals surface area contributed by atoms with Crippen molar-refractivity contribution in [2.24, 2.45) is 0 Å². The Bertz CT molecular complexity index is 373. The first-order valence-corrected chi connectivity index (χ1v) is 7.68. The number of hydrogen-bond donors (Lipinski definition) is 1. The number of hydrogen-bond acceptors (Lipinski definition) is 3. The highest BCUT2D eigenvalue weighted by atomic mass is 16.7. The van der Waals surface area contributed by atoms with E-state index in [1.165, 1.54) is 16.7 Å². The molecule has 1 rings (SSSR count). The van der Waals surface area contributed by atoms with Gasteiger partial charge in [-0.25, -0.2) is 0 Å². The van der Waals surface area contributed by atoms with Gasteiger partial charge in [-0.15, -0.1) is 0 Å². The Morgan fingerprint density at radius 3 is 2.45 bits per heavy atom. The van der Waals surface area contributed by atoms with Gasteiger partial charge >= 0.3 is 0 Å². The van der Waals surface area contributed by atoms with Crippen LogP contribution in [-0.4, -0.2) is 26.0 Å². The predicted octanol–water partition coefficient (Wildman–Crippen LogP) is 3.57. The van der Waals surface area contributed by atoms with E-state index >= 15 is 0 Å². The van der Waals surface area contributed by atoms with Gasteiger partial charge in [0, 0.05) is 19.8 Å². The van der Waals surface area contributed by atoms with Gasteiger partial charge in [0.1, 0.15) is 0 Å². The third-order valence-electron chi connectivity index (χ3n) is 3.53. The van der Waals surface area contributed by atoms with Crippen molar-refractivity contribution in [2.75, 3.05) is 19.8 Å². The second kappa shape index (κ2) is 9.92. The van der Waals surface area contributed by atoms with Crippen molar-refractivity contribution in [3.05, 3.63) is 34.9 Å². The summed E-state index contributed by atoms with van der Waals surface area (Å²) < 4.78 is 11.1. The minimum atomic E-state index is -0.0486. The lowest BCUT2D eigenvalue weighted by Gasteiger charge is -2.17.